The quantitative estimate of drug-likeness (QED) is 0.466. The highest BCUT2D eigenvalue weighted by Crippen LogP contribution is 2.09. The van der Waals surface area contributed by atoms with Gasteiger partial charge in [-0.25, -0.2) is 0 Å². The van der Waals surface area contributed by atoms with Gasteiger partial charge < -0.3 is 9.47 Å². The second kappa shape index (κ2) is 7.07. The van der Waals surface area contributed by atoms with Gasteiger partial charge >= 0.3 is 0 Å². The SMILES string of the molecule is CC=CC(=CC)C(OC)OCC. The largest absolute Gasteiger partial charge is 0.352 e. The van der Waals surface area contributed by atoms with E-state index in [0.29, 0.717) is 6.61 Å². The lowest BCUT2D eigenvalue weighted by Gasteiger charge is -2.15. The molecule has 1 unspecified atom stereocenters. The highest BCUT2D eigenvalue weighted by atomic mass is 16.7. The van der Waals surface area contributed by atoms with E-state index in [1.165, 1.54) is 0 Å². The molecule has 70 valence electrons. The van der Waals surface area contributed by atoms with E-state index in [2.05, 4.69) is 0 Å². The summed E-state index contributed by atoms with van der Waals surface area (Å²) in [4.78, 5) is 0. The Bertz CT molecular complexity index is 159. The average Bonchev–Trinajstić information content (AvgIpc) is 2.11. The van der Waals surface area contributed by atoms with Gasteiger partial charge in [-0.05, 0) is 20.8 Å². The molecule has 0 aliphatic rings. The predicted octanol–water partition coefficient (Wildman–Crippen LogP) is 2.52. The topological polar surface area (TPSA) is 18.5 Å². The van der Waals surface area contributed by atoms with E-state index in [-0.39, 0.29) is 6.29 Å². The minimum absolute atomic E-state index is 0.226. The summed E-state index contributed by atoms with van der Waals surface area (Å²) in [6.45, 7) is 6.56. The van der Waals surface area contributed by atoms with Crippen LogP contribution in [0, 0.1) is 0 Å². The van der Waals surface area contributed by atoms with Crippen LogP contribution in [0.4, 0.5) is 0 Å². The van der Waals surface area contributed by atoms with Gasteiger partial charge in [0.2, 0.25) is 0 Å². The standard InChI is InChI=1S/C10H18O2/c1-5-8-9(6-2)10(11-4)12-7-3/h5-6,8,10H,7H2,1-4H3. The first-order valence-electron chi connectivity index (χ1n) is 4.23. The van der Waals surface area contributed by atoms with E-state index in [1.54, 1.807) is 7.11 Å². The lowest BCUT2D eigenvalue weighted by Crippen LogP contribution is -2.16. The van der Waals surface area contributed by atoms with Crippen LogP contribution in [-0.2, 0) is 9.47 Å². The fourth-order valence-corrected chi connectivity index (χ4v) is 0.955. The molecule has 0 N–H and O–H groups in total. The van der Waals surface area contributed by atoms with Crippen molar-refractivity contribution in [3.63, 3.8) is 0 Å². The van der Waals surface area contributed by atoms with Gasteiger partial charge in [-0.15, -0.1) is 0 Å². The van der Waals surface area contributed by atoms with Crippen LogP contribution < -0.4 is 0 Å². The fourth-order valence-electron chi connectivity index (χ4n) is 0.955. The lowest BCUT2D eigenvalue weighted by molar-refractivity contribution is -0.0916. The Hall–Kier alpha value is -0.600. The van der Waals surface area contributed by atoms with Gasteiger partial charge in [0, 0.05) is 19.3 Å². The Balaban J connectivity index is 4.24. The first kappa shape index (κ1) is 11.4. The molecule has 0 bridgehead atoms. The maximum absolute atomic E-state index is 5.35. The molecule has 0 fully saturated rings. The molecule has 0 aliphatic heterocycles. The Labute approximate surface area is 74.9 Å². The zero-order valence-corrected chi connectivity index (χ0v) is 8.33. The molecule has 0 spiro atoms. The maximum atomic E-state index is 5.35. The van der Waals surface area contributed by atoms with Gasteiger partial charge in [0.25, 0.3) is 0 Å². The molecule has 0 saturated carbocycles. The van der Waals surface area contributed by atoms with Crippen LogP contribution >= 0.6 is 0 Å². The van der Waals surface area contributed by atoms with Crippen LogP contribution in [0.15, 0.2) is 23.8 Å². The van der Waals surface area contributed by atoms with Crippen molar-refractivity contribution in [3.05, 3.63) is 23.8 Å². The summed E-state index contributed by atoms with van der Waals surface area (Å²) < 4.78 is 10.5. The lowest BCUT2D eigenvalue weighted by atomic mass is 10.2. The molecule has 12 heavy (non-hydrogen) atoms. The predicted molar refractivity (Wildman–Crippen MR) is 51.0 cm³/mol. The number of methoxy groups -OCH3 is 1. The summed E-state index contributed by atoms with van der Waals surface area (Å²) in [5, 5.41) is 0. The third kappa shape index (κ3) is 3.69. The summed E-state index contributed by atoms with van der Waals surface area (Å²) in [6.07, 6.45) is 5.73. The summed E-state index contributed by atoms with van der Waals surface area (Å²) >= 11 is 0. The van der Waals surface area contributed by atoms with Crippen molar-refractivity contribution >= 4 is 0 Å². The Morgan fingerprint density at radius 1 is 1.42 bits per heavy atom. The van der Waals surface area contributed by atoms with Crippen molar-refractivity contribution < 1.29 is 9.47 Å². The van der Waals surface area contributed by atoms with E-state index in [0.717, 1.165) is 5.57 Å². The highest BCUT2D eigenvalue weighted by Gasteiger charge is 2.08. The molecule has 0 radical (unpaired) electrons. The third-order valence-electron chi connectivity index (χ3n) is 1.50. The van der Waals surface area contributed by atoms with Crippen molar-refractivity contribution in [2.45, 2.75) is 27.1 Å². The molecule has 0 saturated heterocycles. The molecule has 0 aromatic rings. The zero-order chi connectivity index (χ0) is 9.40. The first-order valence-corrected chi connectivity index (χ1v) is 4.23. The number of rotatable bonds is 5. The van der Waals surface area contributed by atoms with Crippen molar-refractivity contribution in [1.29, 1.82) is 0 Å². The van der Waals surface area contributed by atoms with Gasteiger partial charge in [0.15, 0.2) is 6.29 Å². The number of allylic oxidation sites excluding steroid dienone is 2. The van der Waals surface area contributed by atoms with Gasteiger partial charge in [-0.1, -0.05) is 18.2 Å². The minimum Gasteiger partial charge on any atom is -0.352 e. The van der Waals surface area contributed by atoms with Crippen molar-refractivity contribution in [2.24, 2.45) is 0 Å². The van der Waals surface area contributed by atoms with Crippen LogP contribution in [0.3, 0.4) is 0 Å². The molecule has 0 aliphatic carbocycles. The molecule has 0 amide bonds. The highest BCUT2D eigenvalue weighted by molar-refractivity contribution is 5.19. The maximum Gasteiger partial charge on any atom is 0.183 e. The monoisotopic (exact) mass is 170 g/mol. The Morgan fingerprint density at radius 3 is 2.42 bits per heavy atom. The number of hydrogen-bond donors (Lipinski definition) is 0. The van der Waals surface area contributed by atoms with Crippen LogP contribution in [0.2, 0.25) is 0 Å². The summed E-state index contributed by atoms with van der Waals surface area (Å²) in [6, 6.07) is 0. The van der Waals surface area contributed by atoms with Crippen LogP contribution in [0.5, 0.6) is 0 Å². The normalized spacial score (nSPS) is 15.5. The van der Waals surface area contributed by atoms with Crippen LogP contribution in [0.25, 0.3) is 0 Å². The third-order valence-corrected chi connectivity index (χ3v) is 1.50. The summed E-state index contributed by atoms with van der Waals surface area (Å²) in [7, 11) is 1.65. The molecule has 1 atom stereocenters. The van der Waals surface area contributed by atoms with Crippen LogP contribution in [-0.4, -0.2) is 20.0 Å². The molecule has 0 heterocycles. The van der Waals surface area contributed by atoms with E-state index in [9.17, 15) is 0 Å². The fraction of sp³-hybridized carbons (Fsp3) is 0.600. The summed E-state index contributed by atoms with van der Waals surface area (Å²) in [5.41, 5.74) is 1.06. The number of hydrogen-bond acceptors (Lipinski definition) is 2. The van der Waals surface area contributed by atoms with E-state index < -0.39 is 0 Å². The Morgan fingerprint density at radius 2 is 2.08 bits per heavy atom. The van der Waals surface area contributed by atoms with Crippen molar-refractivity contribution in [3.8, 4) is 0 Å². The molecule has 2 nitrogen and oxygen atoms in total. The minimum atomic E-state index is -0.226. The van der Waals surface area contributed by atoms with E-state index in [1.807, 2.05) is 39.0 Å². The molecular formula is C10H18O2. The first-order chi connectivity index (χ1) is 5.79. The Kier molecular flexibility index (Phi) is 6.72. The number of ether oxygens (including phenoxy) is 2. The van der Waals surface area contributed by atoms with Gasteiger partial charge in [-0.2, -0.15) is 0 Å². The zero-order valence-electron chi connectivity index (χ0n) is 8.33. The summed E-state index contributed by atoms with van der Waals surface area (Å²) in [5.74, 6) is 0. The van der Waals surface area contributed by atoms with Gasteiger partial charge in [0.1, 0.15) is 0 Å². The van der Waals surface area contributed by atoms with Crippen molar-refractivity contribution in [2.75, 3.05) is 13.7 Å². The van der Waals surface area contributed by atoms with Crippen molar-refractivity contribution in [1.82, 2.24) is 0 Å². The molecule has 0 aromatic carbocycles. The second-order valence-electron chi connectivity index (χ2n) is 2.31. The molecule has 0 rings (SSSR count). The average molecular weight is 170 g/mol. The smallest absolute Gasteiger partial charge is 0.183 e. The van der Waals surface area contributed by atoms with Crippen LogP contribution in [0.1, 0.15) is 20.8 Å². The molecule has 0 aromatic heterocycles. The second-order valence-corrected chi connectivity index (χ2v) is 2.31. The van der Waals surface area contributed by atoms with Gasteiger partial charge in [0.05, 0.1) is 0 Å². The van der Waals surface area contributed by atoms with E-state index in [4.69, 9.17) is 9.47 Å². The van der Waals surface area contributed by atoms with Gasteiger partial charge in [-0.3, -0.25) is 0 Å². The molecular weight excluding hydrogens is 152 g/mol. The molecule has 2 heteroatoms. The van der Waals surface area contributed by atoms with E-state index >= 15 is 0 Å².